The molecule has 1 aromatic carbocycles. The van der Waals surface area contributed by atoms with Crippen molar-refractivity contribution >= 4 is 11.6 Å². The molecule has 1 fully saturated rings. The predicted molar refractivity (Wildman–Crippen MR) is 73.0 cm³/mol. The van der Waals surface area contributed by atoms with Crippen LogP contribution in [0.25, 0.3) is 0 Å². The Bertz CT molecular complexity index is 391. The van der Waals surface area contributed by atoms with Gasteiger partial charge in [-0.25, -0.2) is 0 Å². The monoisotopic (exact) mass is 269 g/mol. The average molecular weight is 270 g/mol. The summed E-state index contributed by atoms with van der Waals surface area (Å²) in [5.74, 6) is 0. The third-order valence-electron chi connectivity index (χ3n) is 3.41. The number of aryl methyl sites for hydroxylation is 1. The van der Waals surface area contributed by atoms with E-state index in [2.05, 4.69) is 5.32 Å². The number of benzene rings is 1. The summed E-state index contributed by atoms with van der Waals surface area (Å²) >= 11 is 5.94. The highest BCUT2D eigenvalue weighted by atomic mass is 35.5. The summed E-state index contributed by atoms with van der Waals surface area (Å²) in [6, 6.07) is 5.71. The molecular formula is C14H20ClNO2. The molecule has 18 heavy (non-hydrogen) atoms. The molecule has 0 radical (unpaired) electrons. The number of halogens is 1. The van der Waals surface area contributed by atoms with E-state index < -0.39 is 0 Å². The number of ether oxygens (including phenoxy) is 1. The van der Waals surface area contributed by atoms with Crippen LogP contribution >= 0.6 is 11.6 Å². The Labute approximate surface area is 113 Å². The first-order valence-corrected chi connectivity index (χ1v) is 6.80. The molecule has 0 spiro atoms. The van der Waals surface area contributed by atoms with E-state index in [0.29, 0.717) is 0 Å². The molecule has 1 heterocycles. The van der Waals surface area contributed by atoms with Gasteiger partial charge in [-0.1, -0.05) is 17.7 Å². The molecule has 0 aliphatic carbocycles. The van der Waals surface area contributed by atoms with Gasteiger partial charge in [0.25, 0.3) is 0 Å². The van der Waals surface area contributed by atoms with E-state index in [1.165, 1.54) is 0 Å². The van der Waals surface area contributed by atoms with Crippen molar-refractivity contribution in [1.82, 2.24) is 5.32 Å². The Morgan fingerprint density at radius 1 is 1.56 bits per heavy atom. The molecule has 4 heteroatoms. The van der Waals surface area contributed by atoms with Crippen LogP contribution in [0.2, 0.25) is 5.02 Å². The van der Waals surface area contributed by atoms with E-state index >= 15 is 0 Å². The summed E-state index contributed by atoms with van der Waals surface area (Å²) in [5, 5.41) is 13.6. The molecule has 2 N–H and O–H groups in total. The number of aliphatic hydroxyl groups is 1. The van der Waals surface area contributed by atoms with Crippen LogP contribution in [-0.4, -0.2) is 31.0 Å². The number of aliphatic hydroxyl groups excluding tert-OH is 1. The largest absolute Gasteiger partial charge is 0.394 e. The van der Waals surface area contributed by atoms with E-state index in [1.54, 1.807) is 0 Å². The molecular weight excluding hydrogens is 250 g/mol. The lowest BCUT2D eigenvalue weighted by atomic mass is 10.0. The summed E-state index contributed by atoms with van der Waals surface area (Å²) in [4.78, 5) is 0. The first-order valence-electron chi connectivity index (χ1n) is 6.42. The Morgan fingerprint density at radius 2 is 2.39 bits per heavy atom. The minimum absolute atomic E-state index is 0.0496. The van der Waals surface area contributed by atoms with E-state index in [9.17, 15) is 5.11 Å². The lowest BCUT2D eigenvalue weighted by Gasteiger charge is -2.21. The van der Waals surface area contributed by atoms with Gasteiger partial charge in [0.2, 0.25) is 0 Å². The Morgan fingerprint density at radius 3 is 3.00 bits per heavy atom. The first kappa shape index (κ1) is 13.8. The van der Waals surface area contributed by atoms with E-state index in [4.69, 9.17) is 16.3 Å². The van der Waals surface area contributed by atoms with Crippen molar-refractivity contribution in [2.45, 2.75) is 31.9 Å². The minimum atomic E-state index is -0.0496. The highest BCUT2D eigenvalue weighted by Crippen LogP contribution is 2.22. The molecule has 2 unspecified atom stereocenters. The van der Waals surface area contributed by atoms with Crippen molar-refractivity contribution in [1.29, 1.82) is 0 Å². The number of hydrogen-bond donors (Lipinski definition) is 2. The second kappa shape index (κ2) is 6.53. The van der Waals surface area contributed by atoms with Gasteiger partial charge in [0.15, 0.2) is 0 Å². The topological polar surface area (TPSA) is 41.5 Å². The van der Waals surface area contributed by atoms with Crippen molar-refractivity contribution in [3.05, 3.63) is 34.3 Å². The fraction of sp³-hybridized carbons (Fsp3) is 0.571. The van der Waals surface area contributed by atoms with Crippen LogP contribution in [0.4, 0.5) is 0 Å². The van der Waals surface area contributed by atoms with Gasteiger partial charge in [0.05, 0.1) is 18.8 Å². The summed E-state index contributed by atoms with van der Waals surface area (Å²) < 4.78 is 5.57. The van der Waals surface area contributed by atoms with Crippen molar-refractivity contribution in [2.75, 3.05) is 19.8 Å². The van der Waals surface area contributed by atoms with E-state index in [0.717, 1.165) is 42.1 Å². The van der Waals surface area contributed by atoms with Crippen molar-refractivity contribution in [3.8, 4) is 0 Å². The molecule has 2 rings (SSSR count). The van der Waals surface area contributed by atoms with Crippen LogP contribution in [0.5, 0.6) is 0 Å². The molecule has 3 nitrogen and oxygen atoms in total. The smallest absolute Gasteiger partial charge is 0.0700 e. The van der Waals surface area contributed by atoms with Crippen LogP contribution in [0.3, 0.4) is 0 Å². The second-order valence-electron chi connectivity index (χ2n) is 4.78. The Hall–Kier alpha value is -0.610. The highest BCUT2D eigenvalue weighted by Gasteiger charge is 2.18. The first-order chi connectivity index (χ1) is 8.70. The standard InChI is InChI=1S/C14H20ClNO2/c1-10-7-11(15)4-5-13(10)14(9-17)16-8-12-3-2-6-18-12/h4-5,7,12,14,16-17H,2-3,6,8-9H2,1H3. The van der Waals surface area contributed by atoms with E-state index in [1.807, 2.05) is 25.1 Å². The van der Waals surface area contributed by atoms with Gasteiger partial charge in [-0.15, -0.1) is 0 Å². The number of hydrogen-bond acceptors (Lipinski definition) is 3. The fourth-order valence-electron chi connectivity index (χ4n) is 2.38. The summed E-state index contributed by atoms with van der Waals surface area (Å²) in [6.07, 6.45) is 2.52. The van der Waals surface area contributed by atoms with Gasteiger partial charge in [-0.2, -0.15) is 0 Å². The zero-order chi connectivity index (χ0) is 13.0. The molecule has 1 aromatic rings. The molecule has 1 aliphatic heterocycles. The second-order valence-corrected chi connectivity index (χ2v) is 5.22. The van der Waals surface area contributed by atoms with Gasteiger partial charge >= 0.3 is 0 Å². The summed E-state index contributed by atoms with van der Waals surface area (Å²) in [5.41, 5.74) is 2.20. The molecule has 0 aromatic heterocycles. The third kappa shape index (κ3) is 3.45. The fourth-order valence-corrected chi connectivity index (χ4v) is 2.61. The number of nitrogens with one attached hydrogen (secondary N) is 1. The highest BCUT2D eigenvalue weighted by molar-refractivity contribution is 6.30. The van der Waals surface area contributed by atoms with Crippen molar-refractivity contribution in [2.24, 2.45) is 0 Å². The maximum absolute atomic E-state index is 9.51. The lowest BCUT2D eigenvalue weighted by Crippen LogP contribution is -2.32. The lowest BCUT2D eigenvalue weighted by molar-refractivity contribution is 0.104. The Balaban J connectivity index is 1.98. The van der Waals surface area contributed by atoms with Crippen LogP contribution in [0.15, 0.2) is 18.2 Å². The molecule has 1 saturated heterocycles. The quantitative estimate of drug-likeness (QED) is 0.863. The Kier molecular flexibility index (Phi) is 5.01. The minimum Gasteiger partial charge on any atom is -0.394 e. The SMILES string of the molecule is Cc1cc(Cl)ccc1C(CO)NCC1CCCO1. The maximum Gasteiger partial charge on any atom is 0.0700 e. The normalized spacial score (nSPS) is 21.2. The summed E-state index contributed by atoms with van der Waals surface area (Å²) in [7, 11) is 0. The zero-order valence-electron chi connectivity index (χ0n) is 10.7. The zero-order valence-corrected chi connectivity index (χ0v) is 11.4. The molecule has 0 saturated carbocycles. The predicted octanol–water partition coefficient (Wildman–Crippen LogP) is 2.45. The molecule has 2 atom stereocenters. The van der Waals surface area contributed by atoms with Gasteiger partial charge < -0.3 is 15.2 Å². The van der Waals surface area contributed by atoms with Crippen LogP contribution in [-0.2, 0) is 4.74 Å². The molecule has 0 amide bonds. The van der Waals surface area contributed by atoms with Gasteiger partial charge in [-0.3, -0.25) is 0 Å². The maximum atomic E-state index is 9.51. The van der Waals surface area contributed by atoms with Gasteiger partial charge in [-0.05, 0) is 43.0 Å². The van der Waals surface area contributed by atoms with Crippen LogP contribution < -0.4 is 5.32 Å². The van der Waals surface area contributed by atoms with Gasteiger partial charge in [0, 0.05) is 18.2 Å². The average Bonchev–Trinajstić information content (AvgIpc) is 2.85. The summed E-state index contributed by atoms with van der Waals surface area (Å²) in [6.45, 7) is 3.73. The van der Waals surface area contributed by atoms with Crippen LogP contribution in [0, 0.1) is 6.92 Å². The van der Waals surface area contributed by atoms with Crippen LogP contribution in [0.1, 0.15) is 30.0 Å². The van der Waals surface area contributed by atoms with Gasteiger partial charge in [0.1, 0.15) is 0 Å². The molecule has 1 aliphatic rings. The van der Waals surface area contributed by atoms with Crippen molar-refractivity contribution in [3.63, 3.8) is 0 Å². The third-order valence-corrected chi connectivity index (χ3v) is 3.64. The molecule has 100 valence electrons. The molecule has 0 bridgehead atoms. The van der Waals surface area contributed by atoms with E-state index in [-0.39, 0.29) is 18.8 Å². The number of rotatable bonds is 5. The van der Waals surface area contributed by atoms with Crippen molar-refractivity contribution < 1.29 is 9.84 Å².